The van der Waals surface area contributed by atoms with E-state index in [1.807, 2.05) is 0 Å². The Kier molecular flexibility index (Phi) is 3.06. The maximum atomic E-state index is 9.69. The Labute approximate surface area is 32.8 Å². The minimum absolute atomic E-state index is 0. The van der Waals surface area contributed by atoms with E-state index in [1.165, 1.54) is 0 Å². The summed E-state index contributed by atoms with van der Waals surface area (Å²) in [6.45, 7) is 0. The molecule has 0 heterocycles. The summed E-state index contributed by atoms with van der Waals surface area (Å²) in [6.07, 6.45) is -5.50. The smallest absolute Gasteiger partial charge is 0.140 e. The van der Waals surface area contributed by atoms with Gasteiger partial charge in [0.25, 0.3) is 0 Å². The monoisotopic (exact) mass is 100.0 g/mol. The number of hydrogen-bond donors (Lipinski definition) is 0. The second-order valence-corrected chi connectivity index (χ2v) is 0.429. The highest BCUT2D eigenvalue weighted by Crippen LogP contribution is 2.13. The normalized spacial score (nSPS) is 10.0. The first-order valence-corrected chi connectivity index (χ1v) is 0.756. The molecule has 4 heteroatoms. The lowest BCUT2D eigenvalue weighted by Crippen LogP contribution is -1.92. The van der Waals surface area contributed by atoms with Crippen LogP contribution >= 0.6 is 0 Å². The fourth-order valence-electron chi connectivity index (χ4n) is 0. The van der Waals surface area contributed by atoms with Crippen LogP contribution in [0.15, 0.2) is 0 Å². The molecule has 0 atom stereocenters. The second kappa shape index (κ2) is 2.00. The van der Waals surface area contributed by atoms with Gasteiger partial charge in [0, 0.05) is 7.43 Å². The molecule has 0 aliphatic heterocycles. The standard InChI is InChI=1S/CF4.C/c2-1(3,4)5;. The summed E-state index contributed by atoms with van der Waals surface area (Å²) in [5, 5.41) is 0. The Morgan fingerprint density at radius 3 is 0.833 bits per heavy atom. The molecule has 0 unspecified atom stereocenters. The van der Waals surface area contributed by atoms with Gasteiger partial charge in [0.05, 0.1) is 0 Å². The van der Waals surface area contributed by atoms with E-state index in [9.17, 15) is 17.6 Å². The molecule has 36 valence electrons. The summed E-state index contributed by atoms with van der Waals surface area (Å²) >= 11 is 0. The van der Waals surface area contributed by atoms with Crippen LogP contribution < -0.4 is 0 Å². The van der Waals surface area contributed by atoms with Crippen LogP contribution in [0.3, 0.4) is 0 Å². The maximum Gasteiger partial charge on any atom is 0.559 e. The minimum Gasteiger partial charge on any atom is -0.140 e. The first-order chi connectivity index (χ1) is 2.00. The first kappa shape index (κ1) is 9.21. The van der Waals surface area contributed by atoms with Gasteiger partial charge in [-0.25, -0.2) is 0 Å². The van der Waals surface area contributed by atoms with Crippen LogP contribution in [0.4, 0.5) is 17.6 Å². The van der Waals surface area contributed by atoms with Gasteiger partial charge in [-0.2, -0.15) is 0 Å². The molecule has 0 fully saturated rings. The van der Waals surface area contributed by atoms with Gasteiger partial charge in [-0.3, -0.25) is 0 Å². The van der Waals surface area contributed by atoms with Crippen molar-refractivity contribution < 1.29 is 17.6 Å². The van der Waals surface area contributed by atoms with Crippen molar-refractivity contribution in [1.29, 1.82) is 0 Å². The molecule has 0 aromatic heterocycles. The molecule has 0 rings (SSSR count). The molecule has 0 amide bonds. The molecular weight excluding hydrogens is 100 g/mol. The summed E-state index contributed by atoms with van der Waals surface area (Å²) in [4.78, 5) is 0. The zero-order chi connectivity index (χ0) is 4.50. The SMILES string of the molecule is FC(F)(F)F.[C]. The number of alkyl halides is 4. The van der Waals surface area contributed by atoms with Crippen molar-refractivity contribution in [3.63, 3.8) is 0 Å². The predicted molar refractivity (Wildman–Crippen MR) is 10.4 cm³/mol. The summed E-state index contributed by atoms with van der Waals surface area (Å²) in [6, 6.07) is 0. The van der Waals surface area contributed by atoms with E-state index in [2.05, 4.69) is 0 Å². The lowest BCUT2D eigenvalue weighted by molar-refractivity contribution is -0.237. The van der Waals surface area contributed by atoms with Crippen molar-refractivity contribution >= 4 is 0 Å². The zero-order valence-electron chi connectivity index (χ0n) is 2.51. The minimum atomic E-state index is -5.50. The third-order valence-corrected chi connectivity index (χ3v) is 0. The van der Waals surface area contributed by atoms with Crippen molar-refractivity contribution in [3.05, 3.63) is 7.43 Å². The topological polar surface area (TPSA) is 0 Å². The van der Waals surface area contributed by atoms with E-state index < -0.39 is 6.43 Å². The quantitative estimate of drug-likeness (QED) is 0.405. The van der Waals surface area contributed by atoms with Crippen molar-refractivity contribution in [1.82, 2.24) is 0 Å². The van der Waals surface area contributed by atoms with Gasteiger partial charge in [0.1, 0.15) is 0 Å². The van der Waals surface area contributed by atoms with Crippen LogP contribution in [0, 0.1) is 7.43 Å². The third kappa shape index (κ3) is 351. The van der Waals surface area contributed by atoms with Gasteiger partial charge in [-0.15, -0.1) is 17.6 Å². The molecular formula is C2F4. The van der Waals surface area contributed by atoms with Gasteiger partial charge in [-0.05, 0) is 0 Å². The van der Waals surface area contributed by atoms with Crippen LogP contribution in [-0.4, -0.2) is 6.43 Å². The van der Waals surface area contributed by atoms with E-state index >= 15 is 0 Å². The van der Waals surface area contributed by atoms with E-state index in [0.717, 1.165) is 0 Å². The first-order valence-electron chi connectivity index (χ1n) is 0.756. The van der Waals surface area contributed by atoms with Gasteiger partial charge >= 0.3 is 6.43 Å². The number of halogens is 4. The highest BCUT2D eigenvalue weighted by Gasteiger charge is 2.24. The van der Waals surface area contributed by atoms with Gasteiger partial charge < -0.3 is 0 Å². The lowest BCUT2D eigenvalue weighted by Gasteiger charge is -1.82. The molecule has 0 bridgehead atoms. The predicted octanol–water partition coefficient (Wildman–Crippen LogP) is 1.56. The van der Waals surface area contributed by atoms with E-state index in [1.54, 1.807) is 0 Å². The molecule has 0 saturated heterocycles. The van der Waals surface area contributed by atoms with Crippen LogP contribution in [0.2, 0.25) is 0 Å². The Morgan fingerprint density at radius 1 is 0.833 bits per heavy atom. The summed E-state index contributed by atoms with van der Waals surface area (Å²) in [7, 11) is 0. The molecule has 0 aliphatic rings. The highest BCUT2D eigenvalue weighted by molar-refractivity contribution is 4.08. The van der Waals surface area contributed by atoms with Crippen LogP contribution in [-0.2, 0) is 0 Å². The maximum absolute atomic E-state index is 9.69. The number of rotatable bonds is 0. The summed E-state index contributed by atoms with van der Waals surface area (Å²) in [5.41, 5.74) is 0. The molecule has 0 aliphatic carbocycles. The number of hydrogen-bond acceptors (Lipinski definition) is 0. The zero-order valence-corrected chi connectivity index (χ0v) is 2.51. The molecule has 0 spiro atoms. The average Bonchev–Trinajstić information content (AvgIpc) is 0.722. The van der Waals surface area contributed by atoms with Gasteiger partial charge in [0.15, 0.2) is 0 Å². The molecule has 4 radical (unpaired) electrons. The molecule has 0 N–H and O–H groups in total. The van der Waals surface area contributed by atoms with Crippen molar-refractivity contribution in [2.45, 2.75) is 6.43 Å². The molecule has 0 nitrogen and oxygen atoms in total. The lowest BCUT2D eigenvalue weighted by atomic mass is 11.5. The van der Waals surface area contributed by atoms with Crippen LogP contribution in [0.5, 0.6) is 0 Å². The summed E-state index contributed by atoms with van der Waals surface area (Å²) in [5.74, 6) is 0. The molecule has 0 aromatic carbocycles. The van der Waals surface area contributed by atoms with Crippen molar-refractivity contribution in [2.75, 3.05) is 0 Å². The van der Waals surface area contributed by atoms with Crippen LogP contribution in [0.1, 0.15) is 0 Å². The molecule has 0 saturated carbocycles. The van der Waals surface area contributed by atoms with Gasteiger partial charge in [0.2, 0.25) is 0 Å². The van der Waals surface area contributed by atoms with Crippen molar-refractivity contribution in [2.24, 2.45) is 0 Å². The largest absolute Gasteiger partial charge is 0.559 e. The molecule has 6 heavy (non-hydrogen) atoms. The van der Waals surface area contributed by atoms with E-state index in [0.29, 0.717) is 0 Å². The fraction of sp³-hybridized carbons (Fsp3) is 0.500. The average molecular weight is 100 g/mol. The second-order valence-electron chi connectivity index (χ2n) is 0.429. The molecule has 0 aromatic rings. The Bertz CT molecular complexity index is 21.0. The summed E-state index contributed by atoms with van der Waals surface area (Å²) < 4.78 is 38.8. The Balaban J connectivity index is 0. The third-order valence-electron chi connectivity index (χ3n) is 0. The highest BCUT2D eigenvalue weighted by atomic mass is 19.5. The van der Waals surface area contributed by atoms with Crippen LogP contribution in [0.25, 0.3) is 0 Å². The van der Waals surface area contributed by atoms with E-state index in [4.69, 9.17) is 0 Å². The van der Waals surface area contributed by atoms with Gasteiger partial charge in [-0.1, -0.05) is 0 Å². The Hall–Kier alpha value is -0.280. The fourth-order valence-corrected chi connectivity index (χ4v) is 0. The van der Waals surface area contributed by atoms with Crippen molar-refractivity contribution in [3.8, 4) is 0 Å². The van der Waals surface area contributed by atoms with E-state index in [-0.39, 0.29) is 7.43 Å². The Morgan fingerprint density at radius 2 is 0.833 bits per heavy atom.